The van der Waals surface area contributed by atoms with Crippen molar-refractivity contribution >= 4 is 11.6 Å². The molecule has 0 fully saturated rings. The lowest BCUT2D eigenvalue weighted by molar-refractivity contribution is 0.101. The number of hydrogen-bond acceptors (Lipinski definition) is 4. The summed E-state index contributed by atoms with van der Waals surface area (Å²) in [5, 5.41) is 29.0. The molecule has 0 atom stereocenters. The molecule has 0 unspecified atom stereocenters. The molecule has 0 saturated heterocycles. The van der Waals surface area contributed by atoms with Gasteiger partial charge in [0, 0.05) is 11.1 Å². The molecule has 0 radical (unpaired) electrons. The van der Waals surface area contributed by atoms with E-state index in [1.165, 1.54) is 0 Å². The van der Waals surface area contributed by atoms with E-state index in [0.717, 1.165) is 11.1 Å². The number of aryl methyl sites for hydroxylation is 2. The number of fused-ring (bicyclic) bond motifs is 1. The number of nitriles is 2. The second-order valence-electron chi connectivity index (χ2n) is 6.76. The summed E-state index contributed by atoms with van der Waals surface area (Å²) < 4.78 is 0. The molecule has 134 valence electrons. The number of nitrogens with one attached hydrogen (secondary N) is 1. The number of benzene rings is 2. The molecule has 1 aromatic heterocycles. The van der Waals surface area contributed by atoms with E-state index >= 15 is 0 Å². The monoisotopic (exact) mass is 366 g/mol. The zero-order valence-electron chi connectivity index (χ0n) is 15.2. The molecule has 0 bridgehead atoms. The summed E-state index contributed by atoms with van der Waals surface area (Å²) in [6.07, 6.45) is 0. The first-order chi connectivity index (χ1) is 13.4. The third-order valence-electron chi connectivity index (χ3n) is 4.62. The van der Waals surface area contributed by atoms with Gasteiger partial charge in [0.25, 0.3) is 5.91 Å². The van der Waals surface area contributed by atoms with Gasteiger partial charge in [0.1, 0.15) is 0 Å². The van der Waals surface area contributed by atoms with E-state index in [1.54, 1.807) is 24.3 Å². The first kappa shape index (κ1) is 17.3. The van der Waals surface area contributed by atoms with Gasteiger partial charge >= 0.3 is 0 Å². The normalized spacial score (nSPS) is 12.3. The molecule has 0 aliphatic carbocycles. The highest BCUT2D eigenvalue weighted by atomic mass is 16.3. The lowest BCUT2D eigenvalue weighted by Gasteiger charge is -2.04. The van der Waals surface area contributed by atoms with Crippen molar-refractivity contribution in [2.75, 3.05) is 0 Å². The SMILES string of the molecule is Cc1cc(C#N)cc(C2=NC(=O)c3c(-c4cc(C)cc(C#N)c4)[nH]c(O)c32)c1. The summed E-state index contributed by atoms with van der Waals surface area (Å²) in [4.78, 5) is 19.7. The number of aromatic amines is 1. The number of nitrogens with zero attached hydrogens (tertiary/aromatic N) is 3. The molecule has 4 rings (SSSR count). The Morgan fingerprint density at radius 2 is 1.46 bits per heavy atom. The van der Waals surface area contributed by atoms with Crippen molar-refractivity contribution in [1.29, 1.82) is 10.5 Å². The molecule has 2 N–H and O–H groups in total. The number of H-pyrrole nitrogens is 1. The van der Waals surface area contributed by atoms with E-state index < -0.39 is 5.91 Å². The average Bonchev–Trinajstić information content (AvgIpc) is 3.19. The van der Waals surface area contributed by atoms with Crippen LogP contribution in [-0.2, 0) is 0 Å². The Labute approximate surface area is 161 Å². The van der Waals surface area contributed by atoms with Gasteiger partial charge in [0.2, 0.25) is 0 Å². The number of carbonyl (C=O) groups excluding carboxylic acids is 1. The van der Waals surface area contributed by atoms with E-state index in [9.17, 15) is 20.4 Å². The molecule has 2 aromatic carbocycles. The molecule has 0 spiro atoms. The second kappa shape index (κ2) is 6.22. The fraction of sp³-hybridized carbons (Fsp3) is 0.0909. The van der Waals surface area contributed by atoms with Crippen molar-refractivity contribution in [3.63, 3.8) is 0 Å². The van der Waals surface area contributed by atoms with Gasteiger partial charge in [-0.15, -0.1) is 0 Å². The number of rotatable bonds is 2. The number of carbonyl (C=O) groups is 1. The second-order valence-corrected chi connectivity index (χ2v) is 6.76. The molecule has 1 aliphatic rings. The van der Waals surface area contributed by atoms with Crippen LogP contribution in [0.25, 0.3) is 11.3 Å². The maximum atomic E-state index is 12.7. The van der Waals surface area contributed by atoms with Crippen molar-refractivity contribution in [2.24, 2.45) is 4.99 Å². The average molecular weight is 366 g/mol. The minimum atomic E-state index is -0.475. The topological polar surface area (TPSA) is 113 Å². The summed E-state index contributed by atoms with van der Waals surface area (Å²) in [5.41, 5.74) is 5.17. The lowest BCUT2D eigenvalue weighted by Crippen LogP contribution is -2.01. The maximum absolute atomic E-state index is 12.7. The Hall–Kier alpha value is -4.16. The van der Waals surface area contributed by atoms with Crippen molar-refractivity contribution < 1.29 is 9.90 Å². The molecule has 6 heteroatoms. The largest absolute Gasteiger partial charge is 0.494 e. The summed E-state index contributed by atoms with van der Waals surface area (Å²) in [6.45, 7) is 3.70. The van der Waals surface area contributed by atoms with E-state index in [4.69, 9.17) is 0 Å². The van der Waals surface area contributed by atoms with Crippen LogP contribution in [0.3, 0.4) is 0 Å². The Morgan fingerprint density at radius 3 is 2.07 bits per heavy atom. The van der Waals surface area contributed by atoms with Gasteiger partial charge in [-0.1, -0.05) is 0 Å². The highest BCUT2D eigenvalue weighted by Gasteiger charge is 2.33. The Balaban J connectivity index is 1.92. The van der Waals surface area contributed by atoms with Gasteiger partial charge in [-0.3, -0.25) is 4.79 Å². The van der Waals surface area contributed by atoms with Crippen LogP contribution < -0.4 is 0 Å². The minimum absolute atomic E-state index is 0.172. The van der Waals surface area contributed by atoms with Gasteiger partial charge in [-0.25, -0.2) is 4.99 Å². The first-order valence-corrected chi connectivity index (χ1v) is 8.54. The van der Waals surface area contributed by atoms with E-state index in [-0.39, 0.29) is 11.4 Å². The number of amides is 1. The standard InChI is InChI=1S/C22H14N4O2/c1-11-3-13(9-23)7-15(5-11)19-17-18(22(28)25-19)20(26-21(17)27)16-6-12(2)4-14(8-16)10-24/h3-8,25,28H,1-2H3. The number of hydrogen-bond donors (Lipinski definition) is 2. The van der Waals surface area contributed by atoms with Crippen molar-refractivity contribution in [1.82, 2.24) is 4.98 Å². The number of aromatic hydroxyl groups is 1. The molecule has 2 heterocycles. The number of aromatic nitrogens is 1. The summed E-state index contributed by atoms with van der Waals surface area (Å²) in [7, 11) is 0. The minimum Gasteiger partial charge on any atom is -0.494 e. The van der Waals surface area contributed by atoms with Gasteiger partial charge in [-0.2, -0.15) is 10.5 Å². The van der Waals surface area contributed by atoms with Crippen LogP contribution in [0.4, 0.5) is 0 Å². The lowest BCUT2D eigenvalue weighted by atomic mass is 9.97. The molecule has 0 saturated carbocycles. The van der Waals surface area contributed by atoms with E-state index in [0.29, 0.717) is 39.2 Å². The predicted molar refractivity (Wildman–Crippen MR) is 103 cm³/mol. The molecule has 1 aliphatic heterocycles. The molecular formula is C22H14N4O2. The van der Waals surface area contributed by atoms with Gasteiger partial charge in [-0.05, 0) is 61.4 Å². The Bertz CT molecular complexity index is 1280. The fourth-order valence-electron chi connectivity index (χ4n) is 3.55. The molecule has 28 heavy (non-hydrogen) atoms. The van der Waals surface area contributed by atoms with E-state index in [2.05, 4.69) is 22.1 Å². The Morgan fingerprint density at radius 1 is 0.893 bits per heavy atom. The van der Waals surface area contributed by atoms with Crippen LogP contribution >= 0.6 is 0 Å². The quantitative estimate of drug-likeness (QED) is 0.719. The van der Waals surface area contributed by atoms with Crippen LogP contribution in [0.15, 0.2) is 41.4 Å². The van der Waals surface area contributed by atoms with E-state index in [1.807, 2.05) is 26.0 Å². The highest BCUT2D eigenvalue weighted by Crippen LogP contribution is 2.38. The predicted octanol–water partition coefficient (Wildman–Crippen LogP) is 3.74. The van der Waals surface area contributed by atoms with Crippen LogP contribution in [0, 0.1) is 36.5 Å². The number of aliphatic imine (C=N–C) groups is 1. The van der Waals surface area contributed by atoms with Crippen LogP contribution in [0.5, 0.6) is 5.88 Å². The molecular weight excluding hydrogens is 352 g/mol. The van der Waals surface area contributed by atoms with Crippen molar-refractivity contribution in [3.05, 3.63) is 75.3 Å². The Kier molecular flexibility index (Phi) is 3.84. The van der Waals surface area contributed by atoms with Gasteiger partial charge in [0.05, 0.1) is 45.8 Å². The zero-order valence-corrected chi connectivity index (χ0v) is 15.2. The van der Waals surface area contributed by atoms with Crippen LogP contribution in [-0.4, -0.2) is 21.7 Å². The summed E-state index contributed by atoms with van der Waals surface area (Å²) in [5.74, 6) is -0.647. The summed E-state index contributed by atoms with van der Waals surface area (Å²) >= 11 is 0. The van der Waals surface area contributed by atoms with Crippen LogP contribution in [0.1, 0.15) is 43.7 Å². The van der Waals surface area contributed by atoms with Crippen molar-refractivity contribution in [2.45, 2.75) is 13.8 Å². The molecule has 3 aromatic rings. The third kappa shape index (κ3) is 2.65. The molecule has 1 amide bonds. The van der Waals surface area contributed by atoms with Crippen molar-refractivity contribution in [3.8, 4) is 29.3 Å². The van der Waals surface area contributed by atoms with Gasteiger partial charge < -0.3 is 10.1 Å². The third-order valence-corrected chi connectivity index (χ3v) is 4.62. The summed E-state index contributed by atoms with van der Waals surface area (Å²) in [6, 6.07) is 14.6. The fourth-order valence-corrected chi connectivity index (χ4v) is 3.55. The highest BCUT2D eigenvalue weighted by molar-refractivity contribution is 6.30. The van der Waals surface area contributed by atoms with Crippen LogP contribution in [0.2, 0.25) is 0 Å². The first-order valence-electron chi connectivity index (χ1n) is 8.54. The van der Waals surface area contributed by atoms with Gasteiger partial charge in [0.15, 0.2) is 5.88 Å². The molecule has 6 nitrogen and oxygen atoms in total. The zero-order chi connectivity index (χ0) is 20.0. The maximum Gasteiger partial charge on any atom is 0.280 e. The smallest absolute Gasteiger partial charge is 0.280 e.